The number of rotatable bonds is 11. The van der Waals surface area contributed by atoms with E-state index in [-0.39, 0.29) is 11.7 Å². The van der Waals surface area contributed by atoms with Gasteiger partial charge in [0.1, 0.15) is 11.5 Å². The Hall–Kier alpha value is -3.27. The normalized spacial score (nSPS) is 10.6. The summed E-state index contributed by atoms with van der Waals surface area (Å²) in [6, 6.07) is 22.0. The van der Waals surface area contributed by atoms with Gasteiger partial charge in [0, 0.05) is 5.69 Å². The van der Waals surface area contributed by atoms with Crippen molar-refractivity contribution in [2.24, 2.45) is 0 Å². The van der Waals surface area contributed by atoms with Crippen LogP contribution in [0.25, 0.3) is 11.1 Å². The van der Waals surface area contributed by atoms with Crippen LogP contribution in [0.4, 0.5) is 5.69 Å². The van der Waals surface area contributed by atoms with Gasteiger partial charge in [-0.05, 0) is 47.9 Å². The number of hydrogen-bond donors (Lipinski definition) is 2. The topological polar surface area (TPSA) is 58.6 Å². The molecule has 0 spiro atoms. The van der Waals surface area contributed by atoms with Crippen LogP contribution in [0.1, 0.15) is 55.8 Å². The highest BCUT2D eigenvalue weighted by Crippen LogP contribution is 2.32. The van der Waals surface area contributed by atoms with Crippen molar-refractivity contribution in [1.82, 2.24) is 0 Å². The maximum absolute atomic E-state index is 13.3. The molecule has 0 saturated heterocycles. The first kappa shape index (κ1) is 22.4. The van der Waals surface area contributed by atoms with Gasteiger partial charge in [0.2, 0.25) is 0 Å². The van der Waals surface area contributed by atoms with Crippen molar-refractivity contribution in [3.05, 3.63) is 78.4 Å². The van der Waals surface area contributed by atoms with Gasteiger partial charge in [-0.2, -0.15) is 0 Å². The Bertz CT molecular complexity index is 952. The molecule has 31 heavy (non-hydrogen) atoms. The van der Waals surface area contributed by atoms with Crippen LogP contribution >= 0.6 is 0 Å². The first-order chi connectivity index (χ1) is 15.2. The summed E-state index contributed by atoms with van der Waals surface area (Å²) in [4.78, 5) is 13.3. The molecular formula is C27H31NO3. The average molecular weight is 418 g/mol. The number of benzene rings is 3. The van der Waals surface area contributed by atoms with E-state index in [1.807, 2.05) is 48.5 Å². The highest BCUT2D eigenvalue weighted by molar-refractivity contribution is 6.10. The molecule has 0 unspecified atom stereocenters. The Balaban J connectivity index is 1.79. The van der Waals surface area contributed by atoms with E-state index in [0.29, 0.717) is 23.6 Å². The quantitative estimate of drug-likeness (QED) is 0.259. The Kier molecular flexibility index (Phi) is 8.53. The zero-order valence-corrected chi connectivity index (χ0v) is 18.1. The van der Waals surface area contributed by atoms with Crippen LogP contribution < -0.4 is 10.1 Å². The first-order valence-corrected chi connectivity index (χ1v) is 11.1. The summed E-state index contributed by atoms with van der Waals surface area (Å²) in [6.45, 7) is 2.80. The van der Waals surface area contributed by atoms with Crippen LogP contribution in [-0.2, 0) is 0 Å². The smallest absolute Gasteiger partial charge is 0.260 e. The lowest BCUT2D eigenvalue weighted by atomic mass is 9.98. The minimum atomic E-state index is -0.233. The molecule has 1 amide bonds. The third-order valence-corrected chi connectivity index (χ3v) is 5.22. The summed E-state index contributed by atoms with van der Waals surface area (Å²) in [5.41, 5.74) is 2.93. The van der Waals surface area contributed by atoms with Crippen molar-refractivity contribution >= 4 is 11.6 Å². The van der Waals surface area contributed by atoms with Gasteiger partial charge in [-0.15, -0.1) is 0 Å². The number of phenols is 1. The molecule has 0 atom stereocenters. The Morgan fingerprint density at radius 3 is 2.29 bits per heavy atom. The van der Waals surface area contributed by atoms with E-state index in [9.17, 15) is 9.90 Å². The van der Waals surface area contributed by atoms with E-state index in [1.165, 1.54) is 25.7 Å². The second kappa shape index (κ2) is 11.8. The number of hydrogen-bond acceptors (Lipinski definition) is 3. The van der Waals surface area contributed by atoms with Crippen molar-refractivity contribution in [2.75, 3.05) is 11.9 Å². The van der Waals surface area contributed by atoms with Crippen molar-refractivity contribution in [3.8, 4) is 22.6 Å². The standard InChI is InChI=1S/C27H31NO3/c1-2-3-4-5-6-10-20-31-25-15-11-14-24(21-12-8-7-9-13-21)26(25)27(30)28-22-16-18-23(29)19-17-22/h7-9,11-19,29H,2-6,10,20H2,1H3,(H,28,30). The molecule has 0 aliphatic carbocycles. The number of amides is 1. The molecule has 3 rings (SSSR count). The molecule has 0 aromatic heterocycles. The van der Waals surface area contributed by atoms with Crippen molar-refractivity contribution in [3.63, 3.8) is 0 Å². The molecule has 0 heterocycles. The van der Waals surface area contributed by atoms with Crippen molar-refractivity contribution < 1.29 is 14.6 Å². The van der Waals surface area contributed by atoms with Crippen LogP contribution in [0.5, 0.6) is 11.5 Å². The summed E-state index contributed by atoms with van der Waals surface area (Å²) in [7, 11) is 0. The SMILES string of the molecule is CCCCCCCCOc1cccc(-c2ccccc2)c1C(=O)Nc1ccc(O)cc1. The van der Waals surface area contributed by atoms with Gasteiger partial charge in [0.25, 0.3) is 5.91 Å². The van der Waals surface area contributed by atoms with Gasteiger partial charge < -0.3 is 15.2 Å². The number of nitrogens with one attached hydrogen (secondary N) is 1. The monoisotopic (exact) mass is 417 g/mol. The van der Waals surface area contributed by atoms with Crippen molar-refractivity contribution in [2.45, 2.75) is 45.4 Å². The Morgan fingerprint density at radius 2 is 1.55 bits per heavy atom. The lowest BCUT2D eigenvalue weighted by molar-refractivity contribution is 0.102. The zero-order valence-electron chi connectivity index (χ0n) is 18.1. The van der Waals surface area contributed by atoms with Crippen molar-refractivity contribution in [1.29, 1.82) is 0 Å². The molecule has 0 bridgehead atoms. The number of carbonyl (C=O) groups is 1. The minimum absolute atomic E-state index is 0.158. The summed E-state index contributed by atoms with van der Waals surface area (Å²) < 4.78 is 6.08. The summed E-state index contributed by atoms with van der Waals surface area (Å²) >= 11 is 0. The minimum Gasteiger partial charge on any atom is -0.508 e. The van der Waals surface area contributed by atoms with Crippen LogP contribution in [0, 0.1) is 0 Å². The number of aromatic hydroxyl groups is 1. The second-order valence-corrected chi connectivity index (χ2v) is 7.66. The van der Waals surface area contributed by atoms with Gasteiger partial charge in [-0.25, -0.2) is 0 Å². The van der Waals surface area contributed by atoms with Gasteiger partial charge >= 0.3 is 0 Å². The molecule has 4 nitrogen and oxygen atoms in total. The maximum atomic E-state index is 13.3. The zero-order chi connectivity index (χ0) is 21.9. The fraction of sp³-hybridized carbons (Fsp3) is 0.296. The molecule has 3 aromatic rings. The summed E-state index contributed by atoms with van der Waals surface area (Å²) in [5, 5.41) is 12.4. The van der Waals surface area contributed by atoms with Crippen LogP contribution in [0.3, 0.4) is 0 Å². The van der Waals surface area contributed by atoms with Gasteiger partial charge in [0.15, 0.2) is 0 Å². The lowest BCUT2D eigenvalue weighted by Crippen LogP contribution is -2.15. The highest BCUT2D eigenvalue weighted by Gasteiger charge is 2.19. The van der Waals surface area contributed by atoms with Gasteiger partial charge in [-0.1, -0.05) is 81.5 Å². The molecule has 162 valence electrons. The second-order valence-electron chi connectivity index (χ2n) is 7.66. The predicted octanol–water partition coefficient (Wildman–Crippen LogP) is 7.05. The van der Waals surface area contributed by atoms with E-state index in [1.54, 1.807) is 24.3 Å². The lowest BCUT2D eigenvalue weighted by Gasteiger charge is -2.16. The summed E-state index contributed by atoms with van der Waals surface area (Å²) in [5.74, 6) is 0.514. The number of carbonyl (C=O) groups excluding carboxylic acids is 1. The molecule has 0 radical (unpaired) electrons. The molecule has 0 aliphatic rings. The van der Waals surface area contributed by atoms with Gasteiger partial charge in [0.05, 0.1) is 12.2 Å². The van der Waals surface area contributed by atoms with E-state index >= 15 is 0 Å². The molecule has 2 N–H and O–H groups in total. The molecular weight excluding hydrogens is 386 g/mol. The molecule has 0 aliphatic heterocycles. The molecule has 0 fully saturated rings. The maximum Gasteiger partial charge on any atom is 0.260 e. The summed E-state index contributed by atoms with van der Waals surface area (Å²) in [6.07, 6.45) is 7.10. The number of phenolic OH excluding ortho intramolecular Hbond substituents is 1. The van der Waals surface area contributed by atoms with Crippen LogP contribution in [0.2, 0.25) is 0 Å². The van der Waals surface area contributed by atoms with E-state index in [4.69, 9.17) is 4.74 Å². The fourth-order valence-corrected chi connectivity index (χ4v) is 3.55. The number of anilines is 1. The van der Waals surface area contributed by atoms with Crippen LogP contribution in [-0.4, -0.2) is 17.6 Å². The number of ether oxygens (including phenoxy) is 1. The first-order valence-electron chi connectivity index (χ1n) is 11.1. The fourth-order valence-electron chi connectivity index (χ4n) is 3.55. The Morgan fingerprint density at radius 1 is 0.839 bits per heavy atom. The number of unbranched alkanes of at least 4 members (excludes halogenated alkanes) is 5. The molecule has 3 aromatic carbocycles. The highest BCUT2D eigenvalue weighted by atomic mass is 16.5. The third kappa shape index (κ3) is 6.61. The van der Waals surface area contributed by atoms with Crippen LogP contribution in [0.15, 0.2) is 72.8 Å². The largest absolute Gasteiger partial charge is 0.508 e. The predicted molar refractivity (Wildman–Crippen MR) is 127 cm³/mol. The Labute approximate surface area is 184 Å². The third-order valence-electron chi connectivity index (χ3n) is 5.22. The molecule has 4 heteroatoms. The molecule has 0 saturated carbocycles. The van der Waals surface area contributed by atoms with E-state index < -0.39 is 0 Å². The average Bonchev–Trinajstić information content (AvgIpc) is 2.80. The van der Waals surface area contributed by atoms with E-state index in [0.717, 1.165) is 24.0 Å². The van der Waals surface area contributed by atoms with E-state index in [2.05, 4.69) is 12.2 Å². The van der Waals surface area contributed by atoms with Gasteiger partial charge in [-0.3, -0.25) is 4.79 Å².